The molecule has 2 aromatic rings. The van der Waals surface area contributed by atoms with Crippen molar-refractivity contribution in [2.24, 2.45) is 5.73 Å². The van der Waals surface area contributed by atoms with Gasteiger partial charge in [-0.25, -0.2) is 13.2 Å². The van der Waals surface area contributed by atoms with Crippen molar-refractivity contribution in [3.8, 4) is 0 Å². The van der Waals surface area contributed by atoms with E-state index in [0.29, 0.717) is 23.5 Å². The van der Waals surface area contributed by atoms with Gasteiger partial charge in [0.15, 0.2) is 11.6 Å². The maximum Gasteiger partial charge on any atom is 0.152 e. The standard InChI is InChI=1S/C12H8F3N3S/c13-6-3-8(14)11(9(15)4-6)18-7-1-2-10(12(16)19)17-5-7/h1-5,18H,(H2,16,19). The van der Waals surface area contributed by atoms with E-state index >= 15 is 0 Å². The van der Waals surface area contributed by atoms with Crippen LogP contribution in [-0.2, 0) is 0 Å². The molecular weight excluding hydrogens is 275 g/mol. The summed E-state index contributed by atoms with van der Waals surface area (Å²) in [4.78, 5) is 4.02. The van der Waals surface area contributed by atoms with E-state index in [4.69, 9.17) is 18.0 Å². The molecule has 3 N–H and O–H groups in total. The summed E-state index contributed by atoms with van der Waals surface area (Å²) in [6.07, 6.45) is 1.32. The first-order valence-electron chi connectivity index (χ1n) is 5.15. The number of aromatic nitrogens is 1. The van der Waals surface area contributed by atoms with Gasteiger partial charge >= 0.3 is 0 Å². The lowest BCUT2D eigenvalue weighted by atomic mass is 10.2. The maximum absolute atomic E-state index is 13.4. The molecule has 0 amide bonds. The maximum atomic E-state index is 13.4. The largest absolute Gasteiger partial charge is 0.388 e. The highest BCUT2D eigenvalue weighted by molar-refractivity contribution is 7.80. The van der Waals surface area contributed by atoms with Crippen molar-refractivity contribution >= 4 is 28.6 Å². The van der Waals surface area contributed by atoms with E-state index in [1.54, 1.807) is 0 Å². The van der Waals surface area contributed by atoms with E-state index in [1.165, 1.54) is 18.3 Å². The minimum atomic E-state index is -1.03. The fourth-order valence-electron chi connectivity index (χ4n) is 1.42. The number of nitrogens with one attached hydrogen (secondary N) is 1. The van der Waals surface area contributed by atoms with Gasteiger partial charge in [0.1, 0.15) is 16.5 Å². The van der Waals surface area contributed by atoms with Crippen LogP contribution in [0.1, 0.15) is 5.69 Å². The van der Waals surface area contributed by atoms with Gasteiger partial charge in [-0.15, -0.1) is 0 Å². The summed E-state index contributed by atoms with van der Waals surface area (Å²) in [5.41, 5.74) is 5.63. The summed E-state index contributed by atoms with van der Waals surface area (Å²) in [7, 11) is 0. The van der Waals surface area contributed by atoms with Crippen LogP contribution in [0.25, 0.3) is 0 Å². The Morgan fingerprint density at radius 3 is 2.26 bits per heavy atom. The minimum absolute atomic E-state index is 0.116. The fourth-order valence-corrected chi connectivity index (χ4v) is 1.54. The first-order valence-corrected chi connectivity index (χ1v) is 5.55. The third kappa shape index (κ3) is 3.00. The molecule has 0 spiro atoms. The summed E-state index contributed by atoms with van der Waals surface area (Å²) >= 11 is 4.72. The second kappa shape index (κ2) is 5.23. The number of thiocarbonyl (C=S) groups is 1. The molecule has 0 aliphatic rings. The van der Waals surface area contributed by atoms with Gasteiger partial charge in [-0.2, -0.15) is 0 Å². The molecule has 0 aliphatic heterocycles. The highest BCUT2D eigenvalue weighted by atomic mass is 32.1. The van der Waals surface area contributed by atoms with Crippen LogP contribution < -0.4 is 11.1 Å². The predicted molar refractivity (Wildman–Crippen MR) is 69.7 cm³/mol. The number of pyridine rings is 1. The summed E-state index contributed by atoms with van der Waals surface area (Å²) in [6.45, 7) is 0. The monoisotopic (exact) mass is 283 g/mol. The number of benzene rings is 1. The zero-order valence-electron chi connectivity index (χ0n) is 9.45. The molecule has 3 nitrogen and oxygen atoms in total. The lowest BCUT2D eigenvalue weighted by Gasteiger charge is -2.09. The normalized spacial score (nSPS) is 10.3. The van der Waals surface area contributed by atoms with Crippen LogP contribution in [0.5, 0.6) is 0 Å². The Balaban J connectivity index is 2.29. The Hall–Kier alpha value is -2.15. The molecule has 1 aromatic carbocycles. The highest BCUT2D eigenvalue weighted by Gasteiger charge is 2.11. The van der Waals surface area contributed by atoms with Gasteiger partial charge < -0.3 is 11.1 Å². The van der Waals surface area contributed by atoms with Crippen molar-refractivity contribution in [1.29, 1.82) is 0 Å². The van der Waals surface area contributed by atoms with Crippen molar-refractivity contribution < 1.29 is 13.2 Å². The van der Waals surface area contributed by atoms with Gasteiger partial charge in [0.2, 0.25) is 0 Å². The molecule has 0 radical (unpaired) electrons. The Labute approximate surface area is 112 Å². The lowest BCUT2D eigenvalue weighted by molar-refractivity contribution is 0.549. The van der Waals surface area contributed by atoms with E-state index < -0.39 is 23.1 Å². The third-order valence-corrected chi connectivity index (χ3v) is 2.50. The van der Waals surface area contributed by atoms with Gasteiger partial charge in [-0.3, -0.25) is 4.98 Å². The quantitative estimate of drug-likeness (QED) is 0.850. The summed E-state index contributed by atoms with van der Waals surface area (Å²) < 4.78 is 39.5. The van der Waals surface area contributed by atoms with Crippen LogP contribution >= 0.6 is 12.2 Å². The third-order valence-electron chi connectivity index (χ3n) is 2.29. The van der Waals surface area contributed by atoms with Crippen LogP contribution in [0.4, 0.5) is 24.5 Å². The first kappa shape index (κ1) is 13.3. The van der Waals surface area contributed by atoms with Gasteiger partial charge in [0.05, 0.1) is 17.6 Å². The average molecular weight is 283 g/mol. The zero-order valence-corrected chi connectivity index (χ0v) is 10.3. The van der Waals surface area contributed by atoms with E-state index in [-0.39, 0.29) is 4.99 Å². The number of nitrogens with two attached hydrogens (primary N) is 1. The molecule has 0 saturated heterocycles. The number of hydrogen-bond donors (Lipinski definition) is 2. The first-order chi connectivity index (χ1) is 8.97. The molecule has 0 saturated carbocycles. The van der Waals surface area contributed by atoms with Crippen LogP contribution in [0, 0.1) is 17.5 Å². The Kier molecular flexibility index (Phi) is 3.66. The molecule has 0 aliphatic carbocycles. The van der Waals surface area contributed by atoms with E-state index in [9.17, 15) is 13.2 Å². The van der Waals surface area contributed by atoms with E-state index in [2.05, 4.69) is 10.3 Å². The van der Waals surface area contributed by atoms with Crippen molar-refractivity contribution in [3.63, 3.8) is 0 Å². The van der Waals surface area contributed by atoms with Gasteiger partial charge in [-0.1, -0.05) is 12.2 Å². The Morgan fingerprint density at radius 1 is 1.16 bits per heavy atom. The molecule has 0 bridgehead atoms. The molecule has 0 atom stereocenters. The Bertz CT molecular complexity index is 606. The molecule has 98 valence electrons. The second-order valence-electron chi connectivity index (χ2n) is 3.67. The van der Waals surface area contributed by atoms with Crippen molar-refractivity contribution in [2.45, 2.75) is 0 Å². The van der Waals surface area contributed by atoms with Crippen molar-refractivity contribution in [2.75, 3.05) is 5.32 Å². The predicted octanol–water partition coefficient (Wildman–Crippen LogP) is 2.88. The summed E-state index contributed by atoms with van der Waals surface area (Å²) in [5, 5.41) is 2.47. The minimum Gasteiger partial charge on any atom is -0.388 e. The van der Waals surface area contributed by atoms with Gasteiger partial charge in [0.25, 0.3) is 0 Å². The summed E-state index contributed by atoms with van der Waals surface area (Å²) in [5.74, 6) is -3.05. The molecule has 1 heterocycles. The zero-order chi connectivity index (χ0) is 14.0. The molecular formula is C12H8F3N3S. The SMILES string of the molecule is NC(=S)c1ccc(Nc2c(F)cc(F)cc2F)cn1. The topological polar surface area (TPSA) is 50.9 Å². The van der Waals surface area contributed by atoms with E-state index in [1.807, 2.05) is 0 Å². The van der Waals surface area contributed by atoms with E-state index in [0.717, 1.165) is 0 Å². The Morgan fingerprint density at radius 2 is 1.79 bits per heavy atom. The van der Waals surface area contributed by atoms with Crippen molar-refractivity contribution in [3.05, 3.63) is 53.6 Å². The lowest BCUT2D eigenvalue weighted by Crippen LogP contribution is -2.11. The van der Waals surface area contributed by atoms with Crippen LogP contribution in [0.15, 0.2) is 30.5 Å². The average Bonchev–Trinajstić information content (AvgIpc) is 2.34. The molecule has 7 heteroatoms. The number of rotatable bonds is 3. The van der Waals surface area contributed by atoms with Crippen LogP contribution in [0.2, 0.25) is 0 Å². The summed E-state index contributed by atoms with van der Waals surface area (Å²) in [6, 6.07) is 4.18. The number of hydrogen-bond acceptors (Lipinski definition) is 3. The molecule has 1 aromatic heterocycles. The van der Waals surface area contributed by atoms with Gasteiger partial charge in [-0.05, 0) is 12.1 Å². The number of nitrogens with zero attached hydrogens (tertiary/aromatic N) is 1. The van der Waals surface area contributed by atoms with Crippen LogP contribution in [0.3, 0.4) is 0 Å². The highest BCUT2D eigenvalue weighted by Crippen LogP contribution is 2.24. The van der Waals surface area contributed by atoms with Crippen molar-refractivity contribution in [1.82, 2.24) is 4.98 Å². The van der Waals surface area contributed by atoms with Crippen LogP contribution in [-0.4, -0.2) is 9.97 Å². The molecule has 2 rings (SSSR count). The smallest absolute Gasteiger partial charge is 0.152 e. The fraction of sp³-hybridized carbons (Fsp3) is 0. The number of halogens is 3. The molecule has 19 heavy (non-hydrogen) atoms. The molecule has 0 unspecified atom stereocenters. The van der Waals surface area contributed by atoms with Gasteiger partial charge in [0, 0.05) is 12.1 Å². The second-order valence-corrected chi connectivity index (χ2v) is 4.11. The number of anilines is 2. The molecule has 0 fully saturated rings.